The second-order valence-corrected chi connectivity index (χ2v) is 14.1. The number of alkyl halides is 15. The standard InChI is InChI=1S/C41H41F15O5/c1-3-4-5-8-11-26(2)61-33(57)31-18-16-29(17-19-31)27-12-14-28(15-13-27)30-20-22-32(23-21-30)59-24-9-6-7-10-25-60-34(58)35(42,43)36(44,45)37(46,47)38(48,49)39(50,51)40(52,53)41(54,55)56/h12-23,26H,3-11,24-25H2,1-2H3/t26-/m0/s1. The van der Waals surface area contributed by atoms with Crippen LogP contribution in [-0.4, -0.2) is 73.0 Å². The Morgan fingerprint density at radius 2 is 0.918 bits per heavy atom. The third-order valence-corrected chi connectivity index (χ3v) is 9.42. The Morgan fingerprint density at radius 3 is 1.39 bits per heavy atom. The Balaban J connectivity index is 1.43. The number of esters is 2. The summed E-state index contributed by atoms with van der Waals surface area (Å²) >= 11 is 0. The van der Waals surface area contributed by atoms with Gasteiger partial charge in [0.2, 0.25) is 0 Å². The third-order valence-electron chi connectivity index (χ3n) is 9.42. The maximum atomic E-state index is 14.0. The average Bonchev–Trinajstić information content (AvgIpc) is 3.20. The van der Waals surface area contributed by atoms with Crippen molar-refractivity contribution in [2.75, 3.05) is 13.2 Å². The van der Waals surface area contributed by atoms with E-state index in [1.807, 2.05) is 43.3 Å². The summed E-state index contributed by atoms with van der Waals surface area (Å²) in [6.45, 7) is 2.87. The van der Waals surface area contributed by atoms with Crippen LogP contribution in [0.15, 0.2) is 72.8 Å². The van der Waals surface area contributed by atoms with Gasteiger partial charge in [0.05, 0.1) is 24.9 Å². The van der Waals surface area contributed by atoms with Crippen LogP contribution < -0.4 is 4.74 Å². The molecule has 3 aromatic rings. The van der Waals surface area contributed by atoms with Crippen LogP contribution >= 0.6 is 0 Å². The van der Waals surface area contributed by atoms with Crippen molar-refractivity contribution in [1.82, 2.24) is 0 Å². The van der Waals surface area contributed by atoms with E-state index in [4.69, 9.17) is 9.47 Å². The molecule has 0 aliphatic heterocycles. The van der Waals surface area contributed by atoms with Crippen molar-refractivity contribution in [2.24, 2.45) is 0 Å². The summed E-state index contributed by atoms with van der Waals surface area (Å²) in [4.78, 5) is 24.0. The van der Waals surface area contributed by atoms with Gasteiger partial charge in [-0.1, -0.05) is 74.7 Å². The largest absolute Gasteiger partial charge is 0.494 e. The molecule has 340 valence electrons. The highest BCUT2D eigenvalue weighted by Crippen LogP contribution is 2.62. The first kappa shape index (κ1) is 50.7. The Labute approximate surface area is 340 Å². The van der Waals surface area contributed by atoms with Crippen molar-refractivity contribution in [3.05, 3.63) is 78.4 Å². The van der Waals surface area contributed by atoms with Crippen LogP contribution in [0.1, 0.15) is 82.0 Å². The first-order chi connectivity index (χ1) is 28.2. The minimum atomic E-state index is -8.48. The second kappa shape index (κ2) is 20.0. The minimum absolute atomic E-state index is 0.00424. The lowest BCUT2D eigenvalue weighted by Crippen LogP contribution is -2.73. The molecule has 0 amide bonds. The van der Waals surface area contributed by atoms with E-state index >= 15 is 0 Å². The number of hydrogen-bond donors (Lipinski definition) is 0. The molecule has 1 atom stereocenters. The van der Waals surface area contributed by atoms with Crippen molar-refractivity contribution < 1.29 is 89.7 Å². The molecule has 0 saturated heterocycles. The van der Waals surface area contributed by atoms with Gasteiger partial charge in [-0.2, -0.15) is 65.9 Å². The van der Waals surface area contributed by atoms with Crippen LogP contribution in [0.5, 0.6) is 5.75 Å². The zero-order chi connectivity index (χ0) is 46.1. The summed E-state index contributed by atoms with van der Waals surface area (Å²) in [6.07, 6.45) is -2.66. The molecule has 3 rings (SSSR count). The Hall–Kier alpha value is -4.65. The van der Waals surface area contributed by atoms with Crippen LogP contribution in [0.25, 0.3) is 22.3 Å². The molecule has 0 heterocycles. The zero-order valence-corrected chi connectivity index (χ0v) is 32.5. The molecule has 0 saturated carbocycles. The number of hydrogen-bond acceptors (Lipinski definition) is 5. The van der Waals surface area contributed by atoms with Gasteiger partial charge in [0.15, 0.2) is 0 Å². The molecule has 0 N–H and O–H groups in total. The van der Waals surface area contributed by atoms with Crippen molar-refractivity contribution in [3.63, 3.8) is 0 Å². The lowest BCUT2D eigenvalue weighted by atomic mass is 9.91. The quantitative estimate of drug-likeness (QED) is 0.0539. The van der Waals surface area contributed by atoms with Crippen LogP contribution in [0.3, 0.4) is 0 Å². The number of rotatable bonds is 23. The molecular weight excluding hydrogens is 857 g/mol. The number of carbonyl (C=O) groups is 2. The van der Waals surface area contributed by atoms with E-state index in [1.54, 1.807) is 36.4 Å². The molecule has 0 aromatic heterocycles. The maximum Gasteiger partial charge on any atom is 0.460 e. The van der Waals surface area contributed by atoms with E-state index in [-0.39, 0.29) is 37.9 Å². The molecule has 0 spiro atoms. The van der Waals surface area contributed by atoms with Gasteiger partial charge >= 0.3 is 53.7 Å². The second-order valence-electron chi connectivity index (χ2n) is 14.1. The summed E-state index contributed by atoms with van der Waals surface area (Å²) in [5.74, 6) is -52.0. The van der Waals surface area contributed by atoms with Gasteiger partial charge in [-0.15, -0.1) is 0 Å². The molecule has 0 aliphatic rings. The Bertz CT molecular complexity index is 1860. The molecule has 3 aromatic carbocycles. The normalized spacial score (nSPS) is 13.8. The van der Waals surface area contributed by atoms with Crippen molar-refractivity contribution in [1.29, 1.82) is 0 Å². The van der Waals surface area contributed by atoms with Gasteiger partial charge in [-0.25, -0.2) is 9.59 Å². The average molecular weight is 899 g/mol. The predicted octanol–water partition coefficient (Wildman–Crippen LogP) is 13.4. The summed E-state index contributed by atoms with van der Waals surface area (Å²) < 4.78 is 215. The SMILES string of the molecule is CCCCCC[C@H](C)OC(=O)c1ccc(-c2ccc(-c3ccc(OCCCCCCOC(=O)C(F)(F)C(F)(F)C(F)(F)C(F)(F)C(F)(F)C(F)(F)C(F)(F)F)cc3)cc2)cc1. The van der Waals surface area contributed by atoms with Gasteiger partial charge < -0.3 is 14.2 Å². The maximum absolute atomic E-state index is 14.0. The first-order valence-corrected chi connectivity index (χ1v) is 18.8. The molecule has 5 nitrogen and oxygen atoms in total. The minimum Gasteiger partial charge on any atom is -0.494 e. The fourth-order valence-corrected chi connectivity index (χ4v) is 5.66. The van der Waals surface area contributed by atoms with Crippen LogP contribution in [0, 0.1) is 0 Å². The van der Waals surface area contributed by atoms with E-state index in [0.717, 1.165) is 54.4 Å². The van der Waals surface area contributed by atoms with Gasteiger partial charge in [0, 0.05) is 0 Å². The molecular formula is C41H41F15O5. The number of ether oxygens (including phenoxy) is 3. The van der Waals surface area contributed by atoms with E-state index in [1.165, 1.54) is 0 Å². The monoisotopic (exact) mass is 898 g/mol. The summed E-state index contributed by atoms with van der Waals surface area (Å²) in [6, 6.07) is 21.6. The lowest BCUT2D eigenvalue weighted by Gasteiger charge is -2.40. The summed E-state index contributed by atoms with van der Waals surface area (Å²) in [5.41, 5.74) is 3.97. The summed E-state index contributed by atoms with van der Waals surface area (Å²) in [5, 5.41) is 0. The van der Waals surface area contributed by atoms with E-state index in [0.29, 0.717) is 11.3 Å². The van der Waals surface area contributed by atoms with Gasteiger partial charge in [-0.05, 0) is 92.0 Å². The van der Waals surface area contributed by atoms with E-state index < -0.39 is 60.7 Å². The predicted molar refractivity (Wildman–Crippen MR) is 192 cm³/mol. The number of halogens is 15. The molecule has 0 bridgehead atoms. The van der Waals surface area contributed by atoms with Crippen molar-refractivity contribution in [3.8, 4) is 28.0 Å². The van der Waals surface area contributed by atoms with Crippen molar-refractivity contribution >= 4 is 11.9 Å². The first-order valence-electron chi connectivity index (χ1n) is 18.8. The number of unbranched alkanes of at least 4 members (excludes halogenated alkanes) is 6. The Morgan fingerprint density at radius 1 is 0.508 bits per heavy atom. The highest BCUT2D eigenvalue weighted by Gasteiger charge is 2.94. The van der Waals surface area contributed by atoms with E-state index in [2.05, 4.69) is 11.7 Å². The van der Waals surface area contributed by atoms with Gasteiger partial charge in [0.1, 0.15) is 5.75 Å². The number of carbonyl (C=O) groups excluding carboxylic acids is 2. The highest BCUT2D eigenvalue weighted by molar-refractivity contribution is 5.90. The summed E-state index contributed by atoms with van der Waals surface area (Å²) in [7, 11) is 0. The lowest BCUT2D eigenvalue weighted by molar-refractivity contribution is -0.450. The van der Waals surface area contributed by atoms with E-state index in [9.17, 15) is 75.4 Å². The smallest absolute Gasteiger partial charge is 0.460 e. The molecule has 0 fully saturated rings. The van der Waals surface area contributed by atoms with Crippen LogP contribution in [0.4, 0.5) is 65.9 Å². The zero-order valence-electron chi connectivity index (χ0n) is 32.5. The van der Waals surface area contributed by atoms with Crippen LogP contribution in [0.2, 0.25) is 0 Å². The van der Waals surface area contributed by atoms with Crippen molar-refractivity contribution in [2.45, 2.75) is 119 Å². The number of benzene rings is 3. The molecule has 20 heteroatoms. The van der Waals surface area contributed by atoms with Gasteiger partial charge in [-0.3, -0.25) is 0 Å². The van der Waals surface area contributed by atoms with Crippen LogP contribution in [-0.2, 0) is 14.3 Å². The third kappa shape index (κ3) is 11.2. The molecule has 0 unspecified atom stereocenters. The molecule has 61 heavy (non-hydrogen) atoms. The van der Waals surface area contributed by atoms with Gasteiger partial charge in [0.25, 0.3) is 0 Å². The molecule has 0 radical (unpaired) electrons. The fraction of sp³-hybridized carbons (Fsp3) is 0.512. The Kier molecular flexibility index (Phi) is 16.6. The highest BCUT2D eigenvalue weighted by atomic mass is 19.4. The topological polar surface area (TPSA) is 61.8 Å². The molecule has 0 aliphatic carbocycles. The fourth-order valence-electron chi connectivity index (χ4n) is 5.66.